The number of anilines is 1. The fourth-order valence-electron chi connectivity index (χ4n) is 1.58. The Bertz CT molecular complexity index is 641. The average Bonchev–Trinajstić information content (AvgIpc) is 2.37. The third-order valence-electron chi connectivity index (χ3n) is 2.62. The third-order valence-corrected chi connectivity index (χ3v) is 4.18. The molecule has 19 heavy (non-hydrogen) atoms. The fraction of sp³-hybridized carbons (Fsp3) is 0.0714. The van der Waals surface area contributed by atoms with Crippen LogP contribution in [0.1, 0.15) is 15.9 Å². The topological polar surface area (TPSA) is 49.3 Å². The van der Waals surface area contributed by atoms with Gasteiger partial charge in [-0.15, -0.1) is 0 Å². The van der Waals surface area contributed by atoms with E-state index in [1.54, 1.807) is 12.1 Å². The lowest BCUT2D eigenvalue weighted by molar-refractivity contribution is 0.102. The molecule has 0 radical (unpaired) electrons. The number of rotatable bonds is 2. The molecule has 2 aromatic carbocycles. The number of amides is 1. The zero-order chi connectivity index (χ0) is 14.0. The lowest BCUT2D eigenvalue weighted by Gasteiger charge is -2.08. The Morgan fingerprint density at radius 2 is 1.79 bits per heavy atom. The number of carbonyl (C=O) groups excluding carboxylic acids is 1. The number of phenols is 1. The summed E-state index contributed by atoms with van der Waals surface area (Å²) in [5, 5.41) is 12.3. The number of halogens is 2. The van der Waals surface area contributed by atoms with E-state index in [4.69, 9.17) is 0 Å². The highest BCUT2D eigenvalue weighted by atomic mass is 79.9. The molecule has 2 rings (SSSR count). The van der Waals surface area contributed by atoms with Gasteiger partial charge in [-0.3, -0.25) is 4.79 Å². The summed E-state index contributed by atoms with van der Waals surface area (Å²) in [7, 11) is 0. The second-order valence-corrected chi connectivity index (χ2v) is 5.79. The van der Waals surface area contributed by atoms with Gasteiger partial charge in [0.15, 0.2) is 0 Å². The molecule has 0 fully saturated rings. The summed E-state index contributed by atoms with van der Waals surface area (Å²) in [5.74, 6) is -0.218. The maximum atomic E-state index is 12.0. The zero-order valence-electron chi connectivity index (χ0n) is 10.1. The SMILES string of the molecule is Cc1cc(NC(=O)c2ccc(Br)c(O)c2)ccc1Br. The zero-order valence-corrected chi connectivity index (χ0v) is 13.2. The highest BCUT2D eigenvalue weighted by molar-refractivity contribution is 9.10. The predicted molar refractivity (Wildman–Crippen MR) is 82.6 cm³/mol. The number of nitrogens with one attached hydrogen (secondary N) is 1. The van der Waals surface area contributed by atoms with E-state index < -0.39 is 0 Å². The molecule has 2 N–H and O–H groups in total. The summed E-state index contributed by atoms with van der Waals surface area (Å²) in [4.78, 5) is 12.0. The first-order valence-electron chi connectivity index (χ1n) is 5.53. The van der Waals surface area contributed by atoms with Gasteiger partial charge in [0.1, 0.15) is 5.75 Å². The van der Waals surface area contributed by atoms with Crippen molar-refractivity contribution in [1.29, 1.82) is 0 Å². The number of aromatic hydroxyl groups is 1. The molecule has 0 bridgehead atoms. The molecule has 1 amide bonds. The summed E-state index contributed by atoms with van der Waals surface area (Å²) in [5.41, 5.74) is 2.16. The van der Waals surface area contributed by atoms with Crippen molar-refractivity contribution in [3.8, 4) is 5.75 Å². The van der Waals surface area contributed by atoms with Gasteiger partial charge in [0.05, 0.1) is 4.47 Å². The van der Waals surface area contributed by atoms with E-state index in [1.807, 2.05) is 25.1 Å². The van der Waals surface area contributed by atoms with Crippen molar-refractivity contribution < 1.29 is 9.90 Å². The number of aryl methyl sites for hydroxylation is 1. The Kier molecular flexibility index (Phi) is 4.27. The Balaban J connectivity index is 2.20. The van der Waals surface area contributed by atoms with E-state index in [0.29, 0.717) is 15.7 Å². The van der Waals surface area contributed by atoms with Crippen LogP contribution in [0.15, 0.2) is 45.3 Å². The molecule has 0 atom stereocenters. The van der Waals surface area contributed by atoms with Gasteiger partial charge in [0.25, 0.3) is 5.91 Å². The van der Waals surface area contributed by atoms with E-state index >= 15 is 0 Å². The second-order valence-electron chi connectivity index (χ2n) is 4.08. The number of carbonyl (C=O) groups is 1. The lowest BCUT2D eigenvalue weighted by Crippen LogP contribution is -2.11. The Morgan fingerprint density at radius 1 is 1.11 bits per heavy atom. The van der Waals surface area contributed by atoms with Crippen molar-refractivity contribution in [3.63, 3.8) is 0 Å². The average molecular weight is 385 g/mol. The van der Waals surface area contributed by atoms with E-state index in [1.165, 1.54) is 6.07 Å². The van der Waals surface area contributed by atoms with Crippen LogP contribution in [0, 0.1) is 6.92 Å². The van der Waals surface area contributed by atoms with E-state index in [0.717, 1.165) is 10.0 Å². The maximum Gasteiger partial charge on any atom is 0.255 e. The fourth-order valence-corrected chi connectivity index (χ4v) is 2.07. The van der Waals surface area contributed by atoms with Crippen molar-refractivity contribution in [2.75, 3.05) is 5.32 Å². The minimum Gasteiger partial charge on any atom is -0.507 e. The minimum absolute atomic E-state index is 0.0413. The summed E-state index contributed by atoms with van der Waals surface area (Å²) >= 11 is 6.58. The summed E-state index contributed by atoms with van der Waals surface area (Å²) in [6.07, 6.45) is 0. The van der Waals surface area contributed by atoms with Gasteiger partial charge in [-0.2, -0.15) is 0 Å². The van der Waals surface area contributed by atoms with Crippen molar-refractivity contribution in [2.24, 2.45) is 0 Å². The minimum atomic E-state index is -0.260. The van der Waals surface area contributed by atoms with Gasteiger partial charge in [-0.05, 0) is 64.8 Å². The van der Waals surface area contributed by atoms with Gasteiger partial charge in [0, 0.05) is 15.7 Å². The van der Waals surface area contributed by atoms with Gasteiger partial charge in [0.2, 0.25) is 0 Å². The van der Waals surface area contributed by atoms with Crippen LogP contribution in [-0.4, -0.2) is 11.0 Å². The van der Waals surface area contributed by atoms with Gasteiger partial charge < -0.3 is 10.4 Å². The van der Waals surface area contributed by atoms with Crippen molar-refractivity contribution in [3.05, 3.63) is 56.5 Å². The number of hydrogen-bond acceptors (Lipinski definition) is 2. The predicted octanol–water partition coefficient (Wildman–Crippen LogP) is 4.48. The highest BCUT2D eigenvalue weighted by Gasteiger charge is 2.09. The van der Waals surface area contributed by atoms with Crippen LogP contribution in [0.3, 0.4) is 0 Å². The molecule has 0 aliphatic carbocycles. The summed E-state index contributed by atoms with van der Waals surface area (Å²) < 4.78 is 1.55. The molecule has 98 valence electrons. The molecule has 0 aliphatic heterocycles. The van der Waals surface area contributed by atoms with Crippen molar-refractivity contribution >= 4 is 43.5 Å². The van der Waals surface area contributed by atoms with Crippen molar-refractivity contribution in [2.45, 2.75) is 6.92 Å². The Labute approximate surface area is 127 Å². The molecule has 0 saturated heterocycles. The summed E-state index contributed by atoms with van der Waals surface area (Å²) in [6.45, 7) is 1.95. The van der Waals surface area contributed by atoms with Crippen LogP contribution in [0.4, 0.5) is 5.69 Å². The Morgan fingerprint density at radius 3 is 2.42 bits per heavy atom. The standard InChI is InChI=1S/C14H11Br2NO2/c1-8-6-10(3-5-11(8)15)17-14(19)9-2-4-12(16)13(18)7-9/h2-7,18H,1H3,(H,17,19). The molecule has 3 nitrogen and oxygen atoms in total. The molecule has 0 unspecified atom stereocenters. The molecule has 5 heteroatoms. The van der Waals surface area contributed by atoms with E-state index in [9.17, 15) is 9.90 Å². The van der Waals surface area contributed by atoms with Crippen LogP contribution in [0.5, 0.6) is 5.75 Å². The largest absolute Gasteiger partial charge is 0.507 e. The van der Waals surface area contributed by atoms with Crippen LogP contribution in [-0.2, 0) is 0 Å². The molecule has 0 spiro atoms. The molecule has 0 aromatic heterocycles. The maximum absolute atomic E-state index is 12.0. The van der Waals surface area contributed by atoms with E-state index in [2.05, 4.69) is 37.2 Å². The smallest absolute Gasteiger partial charge is 0.255 e. The van der Waals surface area contributed by atoms with Crippen LogP contribution in [0.2, 0.25) is 0 Å². The molecule has 0 aliphatic rings. The van der Waals surface area contributed by atoms with Crippen LogP contribution >= 0.6 is 31.9 Å². The monoisotopic (exact) mass is 383 g/mol. The van der Waals surface area contributed by atoms with Gasteiger partial charge in [-0.25, -0.2) is 0 Å². The Hall–Kier alpha value is -1.33. The number of hydrogen-bond donors (Lipinski definition) is 2. The van der Waals surface area contributed by atoms with Crippen molar-refractivity contribution in [1.82, 2.24) is 0 Å². The lowest BCUT2D eigenvalue weighted by atomic mass is 10.2. The first kappa shape index (κ1) is 14.1. The van der Waals surface area contributed by atoms with Crippen LogP contribution < -0.4 is 5.32 Å². The molecular weight excluding hydrogens is 374 g/mol. The quantitative estimate of drug-likeness (QED) is 0.801. The van der Waals surface area contributed by atoms with Crippen LogP contribution in [0.25, 0.3) is 0 Å². The third kappa shape index (κ3) is 3.36. The van der Waals surface area contributed by atoms with E-state index in [-0.39, 0.29) is 11.7 Å². The van der Waals surface area contributed by atoms with Gasteiger partial charge >= 0.3 is 0 Å². The first-order chi connectivity index (χ1) is 8.97. The number of phenolic OH excluding ortho intramolecular Hbond substituents is 1. The number of benzene rings is 2. The highest BCUT2D eigenvalue weighted by Crippen LogP contribution is 2.25. The molecule has 0 heterocycles. The molecule has 2 aromatic rings. The summed E-state index contributed by atoms with van der Waals surface area (Å²) in [6, 6.07) is 10.3. The molecule has 0 saturated carbocycles. The molecular formula is C14H11Br2NO2. The second kappa shape index (κ2) is 5.75. The first-order valence-corrected chi connectivity index (χ1v) is 7.12. The normalized spacial score (nSPS) is 10.3. The van der Waals surface area contributed by atoms with Gasteiger partial charge in [-0.1, -0.05) is 15.9 Å².